The minimum atomic E-state index is -0.236. The number of nitrogens with one attached hydrogen (secondary N) is 3. The van der Waals surface area contributed by atoms with Crippen molar-refractivity contribution in [3.8, 4) is 0 Å². The van der Waals surface area contributed by atoms with Crippen LogP contribution in [0.25, 0.3) is 0 Å². The van der Waals surface area contributed by atoms with E-state index in [1.807, 2.05) is 34.5 Å². The Bertz CT molecular complexity index is 486. The number of unbranched alkanes of at least 4 members (excludes halogenated alkanes) is 1. The van der Waals surface area contributed by atoms with E-state index in [1.54, 1.807) is 7.05 Å². The zero-order valence-corrected chi connectivity index (χ0v) is 20.4. The molecule has 0 saturated carbocycles. The van der Waals surface area contributed by atoms with E-state index in [0.29, 0.717) is 32.2 Å². The quantitative estimate of drug-likeness (QED) is 0.249. The molecule has 8 nitrogen and oxygen atoms in total. The molecule has 0 aliphatic heterocycles. The highest BCUT2D eigenvalue weighted by Crippen LogP contribution is 2.08. The smallest absolute Gasteiger partial charge is 0.237 e. The Balaban J connectivity index is -0.00000184. The van der Waals surface area contributed by atoms with Crippen molar-refractivity contribution in [3.63, 3.8) is 0 Å². The van der Waals surface area contributed by atoms with Crippen LogP contribution in [0.15, 0.2) is 0 Å². The second kappa shape index (κ2) is 24.2. The molecule has 0 saturated heterocycles. The van der Waals surface area contributed by atoms with Gasteiger partial charge in [-0.3, -0.25) is 9.59 Å². The summed E-state index contributed by atoms with van der Waals surface area (Å²) >= 11 is 0. The summed E-state index contributed by atoms with van der Waals surface area (Å²) in [4.78, 5) is 54.0. The average Bonchev–Trinajstić information content (AvgIpc) is 2.77. The Kier molecular flexibility index (Phi) is 26.2. The highest BCUT2D eigenvalue weighted by atomic mass is 16.2. The molecule has 182 valence electrons. The van der Waals surface area contributed by atoms with E-state index >= 15 is 0 Å². The van der Waals surface area contributed by atoms with Crippen LogP contribution in [0.2, 0.25) is 0 Å². The molecule has 2 amide bonds. The van der Waals surface area contributed by atoms with E-state index in [0.717, 1.165) is 32.0 Å². The van der Waals surface area contributed by atoms with Gasteiger partial charge in [-0.1, -0.05) is 34.1 Å². The molecular weight excluding hydrogens is 398 g/mol. The van der Waals surface area contributed by atoms with Crippen molar-refractivity contribution in [3.05, 3.63) is 0 Å². The molecule has 8 heteroatoms. The summed E-state index contributed by atoms with van der Waals surface area (Å²) in [5.74, 6) is -0.186. The van der Waals surface area contributed by atoms with Crippen molar-refractivity contribution in [1.82, 2.24) is 16.0 Å². The molecule has 0 aliphatic carbocycles. The highest BCUT2D eigenvalue weighted by Gasteiger charge is 2.19. The lowest BCUT2D eigenvalue weighted by Crippen LogP contribution is -2.46. The molecule has 0 bridgehead atoms. The van der Waals surface area contributed by atoms with Gasteiger partial charge in [0.05, 0.1) is 6.04 Å². The minimum Gasteiger partial charge on any atom is -0.356 e. The van der Waals surface area contributed by atoms with Gasteiger partial charge in [-0.05, 0) is 46.1 Å². The topological polar surface area (TPSA) is 121 Å². The van der Waals surface area contributed by atoms with Gasteiger partial charge in [0.2, 0.25) is 11.8 Å². The summed E-state index contributed by atoms with van der Waals surface area (Å²) in [7, 11) is 1.76. The van der Waals surface area contributed by atoms with Crippen LogP contribution >= 0.6 is 0 Å². The number of hydrogen-bond donors (Lipinski definition) is 3. The first-order valence-electron chi connectivity index (χ1n) is 11.3. The van der Waals surface area contributed by atoms with Gasteiger partial charge in [0.1, 0.15) is 18.9 Å². The van der Waals surface area contributed by atoms with E-state index in [1.165, 1.54) is 6.92 Å². The van der Waals surface area contributed by atoms with Crippen LogP contribution in [0, 0.1) is 5.92 Å². The van der Waals surface area contributed by atoms with E-state index in [2.05, 4.69) is 16.0 Å². The van der Waals surface area contributed by atoms with E-state index in [4.69, 9.17) is 4.79 Å². The Morgan fingerprint density at radius 2 is 1.61 bits per heavy atom. The van der Waals surface area contributed by atoms with Crippen molar-refractivity contribution in [1.29, 1.82) is 0 Å². The highest BCUT2D eigenvalue weighted by molar-refractivity contribution is 5.82. The number of carbonyl (C=O) groups excluding carboxylic acids is 5. The first-order valence-corrected chi connectivity index (χ1v) is 11.3. The molecule has 3 N–H and O–H groups in total. The minimum absolute atomic E-state index is 0.0366. The number of likely N-dealkylation sites (N-methyl/N-ethyl adjacent to an activating group) is 1. The van der Waals surface area contributed by atoms with Crippen LogP contribution in [0.5, 0.6) is 0 Å². The summed E-state index contributed by atoms with van der Waals surface area (Å²) in [5, 5.41) is 8.82. The van der Waals surface area contributed by atoms with Crippen molar-refractivity contribution in [2.45, 2.75) is 98.1 Å². The molecule has 0 aromatic carbocycles. The molecule has 0 aliphatic rings. The fourth-order valence-electron chi connectivity index (χ4n) is 2.81. The lowest BCUT2D eigenvalue weighted by atomic mass is 10.0. The molecule has 3 atom stereocenters. The average molecular weight is 444 g/mol. The third-order valence-electron chi connectivity index (χ3n) is 4.63. The van der Waals surface area contributed by atoms with Crippen LogP contribution in [-0.2, 0) is 24.0 Å². The predicted octanol–water partition coefficient (Wildman–Crippen LogP) is 2.58. The molecule has 0 fully saturated rings. The van der Waals surface area contributed by atoms with E-state index in [9.17, 15) is 19.2 Å². The summed E-state index contributed by atoms with van der Waals surface area (Å²) in [5.41, 5.74) is 0. The fourth-order valence-corrected chi connectivity index (χ4v) is 2.81. The van der Waals surface area contributed by atoms with Crippen molar-refractivity contribution >= 4 is 30.7 Å². The van der Waals surface area contributed by atoms with Gasteiger partial charge in [0, 0.05) is 31.3 Å². The molecule has 0 spiro atoms. The third-order valence-corrected chi connectivity index (χ3v) is 4.63. The maximum Gasteiger partial charge on any atom is 0.237 e. The number of ketones is 1. The third kappa shape index (κ3) is 19.6. The maximum atomic E-state index is 12.2. The zero-order chi connectivity index (χ0) is 24.7. The van der Waals surface area contributed by atoms with Crippen molar-refractivity contribution < 1.29 is 24.0 Å². The number of hydrogen-bond acceptors (Lipinski definition) is 6. The normalized spacial score (nSPS) is 12.6. The number of aldehydes is 1. The predicted molar refractivity (Wildman–Crippen MR) is 125 cm³/mol. The van der Waals surface area contributed by atoms with Gasteiger partial charge in [0.25, 0.3) is 0 Å². The first kappa shape index (κ1) is 33.5. The summed E-state index contributed by atoms with van der Waals surface area (Å²) in [6, 6.07) is -0.409. The largest absolute Gasteiger partial charge is 0.356 e. The van der Waals surface area contributed by atoms with Gasteiger partial charge in [-0.15, -0.1) is 0 Å². The summed E-state index contributed by atoms with van der Waals surface area (Å²) < 4.78 is 0. The Labute approximate surface area is 188 Å². The van der Waals surface area contributed by atoms with Gasteiger partial charge in [-0.2, -0.15) is 0 Å². The van der Waals surface area contributed by atoms with E-state index in [-0.39, 0.29) is 35.6 Å². The number of Topliss-reactive ketones (excluding diaryl/α,β-unsaturated/α-hetero) is 1. The van der Waals surface area contributed by atoms with E-state index < -0.39 is 0 Å². The standard InChI is InChI=1S/C20H37N3O4.C2H6.CH2O/c1-5-8-18(21-4)20(27)23-17(12-14-24)9-6-7-13-22-19(26)15(2)10-11-16(3)25;2*1-2/h14-15,17-18,21H,5-13H2,1-4H3,(H,22,26)(H,23,27);1-2H3;1H2. The second-order valence-electron chi connectivity index (χ2n) is 7.17. The second-order valence-corrected chi connectivity index (χ2v) is 7.17. The lowest BCUT2D eigenvalue weighted by molar-refractivity contribution is -0.125. The monoisotopic (exact) mass is 443 g/mol. The van der Waals surface area contributed by atoms with Crippen LogP contribution in [-0.4, -0.2) is 56.3 Å². The van der Waals surface area contributed by atoms with Crippen molar-refractivity contribution in [2.24, 2.45) is 5.92 Å². The van der Waals surface area contributed by atoms with Gasteiger partial charge in [-0.25, -0.2) is 0 Å². The Hall–Kier alpha value is -2.09. The SMILES string of the molecule is C=O.CC.CCCC(NC)C(=O)NC(CC=O)CCCCNC(=O)C(C)CCC(C)=O. The molecule has 0 aromatic rings. The van der Waals surface area contributed by atoms with Crippen LogP contribution in [0.1, 0.15) is 86.0 Å². The van der Waals surface area contributed by atoms with Gasteiger partial charge in [0.15, 0.2) is 0 Å². The zero-order valence-electron chi connectivity index (χ0n) is 20.4. The molecule has 0 rings (SSSR count). The number of carbonyl (C=O) groups is 5. The number of rotatable bonds is 16. The molecule has 0 radical (unpaired) electrons. The van der Waals surface area contributed by atoms with Gasteiger partial charge < -0.3 is 30.3 Å². The summed E-state index contributed by atoms with van der Waals surface area (Å²) in [6.07, 6.45) is 6.06. The molecule has 0 heterocycles. The van der Waals surface area contributed by atoms with Crippen LogP contribution in [0.3, 0.4) is 0 Å². The van der Waals surface area contributed by atoms with Crippen LogP contribution < -0.4 is 16.0 Å². The summed E-state index contributed by atoms with van der Waals surface area (Å²) in [6.45, 7) is 11.9. The molecular formula is C23H45N3O5. The lowest BCUT2D eigenvalue weighted by Gasteiger charge is -2.21. The fraction of sp³-hybridized carbons (Fsp3) is 0.783. The molecule has 3 unspecified atom stereocenters. The molecule has 31 heavy (non-hydrogen) atoms. The van der Waals surface area contributed by atoms with Crippen molar-refractivity contribution in [2.75, 3.05) is 13.6 Å². The molecule has 0 aromatic heterocycles. The Morgan fingerprint density at radius 1 is 1.00 bits per heavy atom. The first-order chi connectivity index (χ1) is 14.8. The van der Waals surface area contributed by atoms with Crippen LogP contribution in [0.4, 0.5) is 0 Å². The Morgan fingerprint density at radius 3 is 2.10 bits per heavy atom. The maximum absolute atomic E-state index is 12.2. The van der Waals surface area contributed by atoms with Gasteiger partial charge >= 0.3 is 0 Å². The number of amides is 2.